The second-order valence-electron chi connectivity index (χ2n) is 4.27. The van der Waals surface area contributed by atoms with E-state index in [2.05, 4.69) is 21.2 Å². The van der Waals surface area contributed by atoms with Gasteiger partial charge in [-0.3, -0.25) is 4.79 Å². The van der Waals surface area contributed by atoms with Gasteiger partial charge < -0.3 is 10.4 Å². The summed E-state index contributed by atoms with van der Waals surface area (Å²) in [7, 11) is 0. The molecule has 2 aromatic carbocycles. The summed E-state index contributed by atoms with van der Waals surface area (Å²) < 4.78 is 13.5. The zero-order valence-corrected chi connectivity index (χ0v) is 12.2. The zero-order chi connectivity index (χ0) is 14.5. The van der Waals surface area contributed by atoms with Crippen LogP contribution >= 0.6 is 15.9 Å². The van der Waals surface area contributed by atoms with Crippen LogP contribution in [0.15, 0.2) is 42.5 Å². The van der Waals surface area contributed by atoms with Gasteiger partial charge in [0, 0.05) is 11.9 Å². The highest BCUT2D eigenvalue weighted by Crippen LogP contribution is 2.19. The van der Waals surface area contributed by atoms with Crippen LogP contribution in [0.5, 0.6) is 5.75 Å². The third-order valence-electron chi connectivity index (χ3n) is 2.85. The lowest BCUT2D eigenvalue weighted by atomic mass is 10.1. The maximum Gasteiger partial charge on any atom is 0.258 e. The summed E-state index contributed by atoms with van der Waals surface area (Å²) in [5, 5.41) is 12.9. The number of halogens is 2. The summed E-state index contributed by atoms with van der Waals surface area (Å²) in [6.45, 7) is 0.273. The molecular weight excluding hydrogens is 325 g/mol. The van der Waals surface area contributed by atoms with Gasteiger partial charge in [0.15, 0.2) is 0 Å². The number of carbonyl (C=O) groups excluding carboxylic acids is 1. The van der Waals surface area contributed by atoms with Crippen LogP contribution < -0.4 is 5.32 Å². The fraction of sp³-hybridized carbons (Fsp3) is 0.133. The Hall–Kier alpha value is -1.88. The van der Waals surface area contributed by atoms with Crippen LogP contribution in [0, 0.1) is 5.82 Å². The van der Waals surface area contributed by atoms with E-state index in [1.165, 1.54) is 12.1 Å². The van der Waals surface area contributed by atoms with Crippen molar-refractivity contribution in [3.8, 4) is 5.75 Å². The Morgan fingerprint density at radius 1 is 1.15 bits per heavy atom. The van der Waals surface area contributed by atoms with Gasteiger partial charge in [0.1, 0.15) is 17.1 Å². The number of phenols is 1. The molecule has 2 rings (SSSR count). The number of aromatic hydroxyl groups is 1. The lowest BCUT2D eigenvalue weighted by Crippen LogP contribution is -2.23. The molecular formula is C15H13BrFNO2. The molecule has 0 fully saturated rings. The maximum absolute atomic E-state index is 13.5. The lowest BCUT2D eigenvalue weighted by Gasteiger charge is -2.08. The molecule has 0 bridgehead atoms. The number of rotatable bonds is 4. The molecule has 0 heterocycles. The summed E-state index contributed by atoms with van der Waals surface area (Å²) in [6.07, 6.45) is 0. The van der Waals surface area contributed by atoms with E-state index in [9.17, 15) is 14.3 Å². The normalized spacial score (nSPS) is 10.3. The number of benzene rings is 2. The summed E-state index contributed by atoms with van der Waals surface area (Å²) in [4.78, 5) is 11.9. The molecule has 0 radical (unpaired) electrons. The van der Waals surface area contributed by atoms with E-state index >= 15 is 0 Å². The van der Waals surface area contributed by atoms with Crippen molar-refractivity contribution in [3.63, 3.8) is 0 Å². The average molecular weight is 338 g/mol. The minimum Gasteiger partial charge on any atom is -0.507 e. The Morgan fingerprint density at radius 3 is 2.40 bits per heavy atom. The largest absolute Gasteiger partial charge is 0.507 e. The Balaban J connectivity index is 2.05. The average Bonchev–Trinajstić information content (AvgIpc) is 2.45. The fourth-order valence-corrected chi connectivity index (χ4v) is 2.13. The summed E-state index contributed by atoms with van der Waals surface area (Å²) in [6, 6.07) is 11.4. The van der Waals surface area contributed by atoms with Crippen LogP contribution in [0.1, 0.15) is 21.5 Å². The standard InChI is InChI=1S/C15H13BrFNO2/c16-8-10-4-6-11(7-5-10)9-18-15(20)14-12(17)2-1-3-13(14)19/h1-7,19H,8-9H2,(H,18,20). The van der Waals surface area contributed by atoms with Gasteiger partial charge in [-0.05, 0) is 23.3 Å². The predicted octanol–water partition coefficient (Wildman–Crippen LogP) is 3.36. The predicted molar refractivity (Wildman–Crippen MR) is 78.3 cm³/mol. The van der Waals surface area contributed by atoms with Gasteiger partial charge >= 0.3 is 0 Å². The number of amides is 1. The van der Waals surface area contributed by atoms with E-state index in [-0.39, 0.29) is 17.9 Å². The number of nitrogens with one attached hydrogen (secondary N) is 1. The molecule has 0 aliphatic rings. The van der Waals surface area contributed by atoms with Crippen LogP contribution in [-0.4, -0.2) is 11.0 Å². The Bertz CT molecular complexity index is 594. The number of alkyl halides is 1. The third kappa shape index (κ3) is 3.36. The Kier molecular flexibility index (Phi) is 4.74. The first-order chi connectivity index (χ1) is 9.61. The van der Waals surface area contributed by atoms with Crippen molar-refractivity contribution in [3.05, 3.63) is 65.0 Å². The molecule has 0 aliphatic heterocycles. The van der Waals surface area contributed by atoms with Gasteiger partial charge in [0.05, 0.1) is 0 Å². The molecule has 2 N–H and O–H groups in total. The molecule has 0 aliphatic carbocycles. The number of hydrogen-bond donors (Lipinski definition) is 2. The molecule has 0 spiro atoms. The van der Waals surface area contributed by atoms with Crippen LogP contribution in [0.4, 0.5) is 4.39 Å². The lowest BCUT2D eigenvalue weighted by molar-refractivity contribution is 0.0944. The summed E-state index contributed by atoms with van der Waals surface area (Å²) >= 11 is 3.35. The van der Waals surface area contributed by atoms with E-state index < -0.39 is 11.7 Å². The molecule has 0 saturated heterocycles. The summed E-state index contributed by atoms with van der Waals surface area (Å²) in [5.41, 5.74) is 1.70. The van der Waals surface area contributed by atoms with E-state index in [0.717, 1.165) is 22.5 Å². The van der Waals surface area contributed by atoms with Crippen LogP contribution in [0.25, 0.3) is 0 Å². The van der Waals surface area contributed by atoms with Gasteiger partial charge in [-0.15, -0.1) is 0 Å². The highest BCUT2D eigenvalue weighted by atomic mass is 79.9. The van der Waals surface area contributed by atoms with Gasteiger partial charge in [0.2, 0.25) is 0 Å². The van der Waals surface area contributed by atoms with Crippen LogP contribution in [0.3, 0.4) is 0 Å². The van der Waals surface area contributed by atoms with Gasteiger partial charge in [0.25, 0.3) is 5.91 Å². The second kappa shape index (κ2) is 6.52. The molecule has 5 heteroatoms. The molecule has 1 amide bonds. The van der Waals surface area contributed by atoms with Crippen molar-refractivity contribution < 1.29 is 14.3 Å². The smallest absolute Gasteiger partial charge is 0.258 e. The second-order valence-corrected chi connectivity index (χ2v) is 4.83. The van der Waals surface area contributed by atoms with Crippen molar-refractivity contribution >= 4 is 21.8 Å². The maximum atomic E-state index is 13.5. The third-order valence-corrected chi connectivity index (χ3v) is 3.50. The minimum atomic E-state index is -0.739. The van der Waals surface area contributed by atoms with E-state index in [1.807, 2.05) is 24.3 Å². The van der Waals surface area contributed by atoms with Crippen LogP contribution in [-0.2, 0) is 11.9 Å². The first-order valence-electron chi connectivity index (χ1n) is 6.01. The van der Waals surface area contributed by atoms with Crippen molar-refractivity contribution in [1.29, 1.82) is 0 Å². The zero-order valence-electron chi connectivity index (χ0n) is 10.6. The Labute approximate surface area is 124 Å². The molecule has 0 aromatic heterocycles. The Morgan fingerprint density at radius 2 is 1.80 bits per heavy atom. The number of carbonyl (C=O) groups is 1. The highest BCUT2D eigenvalue weighted by molar-refractivity contribution is 9.08. The van der Waals surface area contributed by atoms with Gasteiger partial charge in [-0.1, -0.05) is 46.3 Å². The molecule has 0 atom stereocenters. The molecule has 20 heavy (non-hydrogen) atoms. The van der Waals surface area contributed by atoms with E-state index in [4.69, 9.17) is 0 Å². The molecule has 3 nitrogen and oxygen atoms in total. The quantitative estimate of drug-likeness (QED) is 0.840. The van der Waals surface area contributed by atoms with Gasteiger partial charge in [-0.25, -0.2) is 4.39 Å². The number of hydrogen-bond acceptors (Lipinski definition) is 2. The fourth-order valence-electron chi connectivity index (χ4n) is 1.75. The number of phenolic OH excluding ortho intramolecular Hbond substituents is 1. The molecule has 104 valence electrons. The highest BCUT2D eigenvalue weighted by Gasteiger charge is 2.15. The van der Waals surface area contributed by atoms with Crippen molar-refractivity contribution in [1.82, 2.24) is 5.32 Å². The molecule has 2 aromatic rings. The first-order valence-corrected chi connectivity index (χ1v) is 7.13. The van der Waals surface area contributed by atoms with E-state index in [1.54, 1.807) is 0 Å². The van der Waals surface area contributed by atoms with Crippen LogP contribution in [0.2, 0.25) is 0 Å². The monoisotopic (exact) mass is 337 g/mol. The molecule has 0 saturated carbocycles. The van der Waals surface area contributed by atoms with Crippen molar-refractivity contribution in [2.75, 3.05) is 0 Å². The molecule has 0 unspecified atom stereocenters. The van der Waals surface area contributed by atoms with E-state index in [0.29, 0.717) is 0 Å². The van der Waals surface area contributed by atoms with Gasteiger partial charge in [-0.2, -0.15) is 0 Å². The van der Waals surface area contributed by atoms with Crippen molar-refractivity contribution in [2.45, 2.75) is 11.9 Å². The summed E-state index contributed by atoms with van der Waals surface area (Å²) in [5.74, 6) is -1.74. The SMILES string of the molecule is O=C(NCc1ccc(CBr)cc1)c1c(O)cccc1F. The first kappa shape index (κ1) is 14.5. The van der Waals surface area contributed by atoms with Crippen molar-refractivity contribution in [2.24, 2.45) is 0 Å². The topological polar surface area (TPSA) is 49.3 Å². The minimum absolute atomic E-state index is 0.273.